The van der Waals surface area contributed by atoms with Crippen LogP contribution in [0.3, 0.4) is 0 Å². The number of aryl methyl sites for hydroxylation is 1. The monoisotopic (exact) mass is 468 g/mol. The zero-order chi connectivity index (χ0) is 24.6. The van der Waals surface area contributed by atoms with E-state index in [0.717, 1.165) is 11.1 Å². The van der Waals surface area contributed by atoms with E-state index in [9.17, 15) is 14.0 Å². The van der Waals surface area contributed by atoms with Crippen molar-refractivity contribution in [3.63, 3.8) is 0 Å². The Morgan fingerprint density at radius 2 is 1.66 bits per heavy atom. The lowest BCUT2D eigenvalue weighted by Crippen LogP contribution is -2.42. The van der Waals surface area contributed by atoms with E-state index >= 15 is 0 Å². The van der Waals surface area contributed by atoms with Gasteiger partial charge in [0.15, 0.2) is 0 Å². The molecule has 6 nitrogen and oxygen atoms in total. The van der Waals surface area contributed by atoms with E-state index in [0.29, 0.717) is 17.7 Å². The van der Waals surface area contributed by atoms with Gasteiger partial charge < -0.3 is 10.2 Å². The Bertz CT molecular complexity index is 1260. The molecule has 0 aliphatic rings. The van der Waals surface area contributed by atoms with E-state index in [1.54, 1.807) is 0 Å². The van der Waals surface area contributed by atoms with Crippen LogP contribution in [0.1, 0.15) is 33.2 Å². The van der Waals surface area contributed by atoms with E-state index in [-0.39, 0.29) is 12.2 Å². The molecule has 0 saturated carbocycles. The molecule has 0 bridgehead atoms. The van der Waals surface area contributed by atoms with Gasteiger partial charge in [0.25, 0.3) is 11.8 Å². The molecule has 0 spiro atoms. The van der Waals surface area contributed by atoms with E-state index in [2.05, 4.69) is 15.3 Å². The normalized spacial score (nSPS) is 11.5. The lowest BCUT2D eigenvalue weighted by Gasteiger charge is -2.31. The second kappa shape index (κ2) is 11.2. The molecule has 35 heavy (non-hydrogen) atoms. The number of rotatable bonds is 8. The molecular formula is C28H25FN4O2. The molecule has 0 unspecified atom stereocenters. The number of carbonyl (C=O) groups excluding carboxylic acids is 2. The van der Waals surface area contributed by atoms with Crippen molar-refractivity contribution in [2.24, 2.45) is 0 Å². The summed E-state index contributed by atoms with van der Waals surface area (Å²) in [6.07, 6.45) is 4.87. The molecule has 7 heteroatoms. The summed E-state index contributed by atoms with van der Waals surface area (Å²) in [5, 5.41) is 2.83. The number of hydrogen-bond donors (Lipinski definition) is 1. The van der Waals surface area contributed by atoms with Crippen LogP contribution in [-0.4, -0.2) is 33.2 Å². The highest BCUT2D eigenvalue weighted by Crippen LogP contribution is 2.26. The van der Waals surface area contributed by atoms with Gasteiger partial charge >= 0.3 is 0 Å². The summed E-state index contributed by atoms with van der Waals surface area (Å²) < 4.78 is 13.4. The highest BCUT2D eigenvalue weighted by atomic mass is 19.1. The number of amides is 2. The molecule has 0 aliphatic heterocycles. The van der Waals surface area contributed by atoms with Gasteiger partial charge in [-0.3, -0.25) is 14.6 Å². The van der Waals surface area contributed by atoms with Crippen LogP contribution in [-0.2, 0) is 11.2 Å². The minimum absolute atomic E-state index is 0.146. The Morgan fingerprint density at radius 3 is 2.31 bits per heavy atom. The van der Waals surface area contributed by atoms with Gasteiger partial charge in [-0.25, -0.2) is 9.37 Å². The number of halogens is 1. The van der Waals surface area contributed by atoms with Crippen LogP contribution in [0.5, 0.6) is 0 Å². The number of nitrogens with one attached hydrogen (secondary N) is 1. The van der Waals surface area contributed by atoms with E-state index < -0.39 is 23.7 Å². The Labute approximate surface area is 203 Å². The van der Waals surface area contributed by atoms with Crippen LogP contribution < -0.4 is 5.32 Å². The molecule has 3 aromatic carbocycles. The van der Waals surface area contributed by atoms with Crippen molar-refractivity contribution in [2.75, 3.05) is 11.9 Å². The summed E-state index contributed by atoms with van der Waals surface area (Å²) in [6.45, 7) is 2.23. The fraction of sp³-hybridized carbons (Fsp3) is 0.143. The summed E-state index contributed by atoms with van der Waals surface area (Å²) in [6, 6.07) is 21.8. The summed E-state index contributed by atoms with van der Waals surface area (Å²) in [5.74, 6) is -1.22. The first-order valence-corrected chi connectivity index (χ1v) is 11.2. The molecule has 0 aliphatic carbocycles. The Balaban J connectivity index is 1.72. The maximum absolute atomic E-state index is 13.6. The van der Waals surface area contributed by atoms with E-state index in [1.165, 1.54) is 47.8 Å². The number of hydrogen-bond acceptors (Lipinski definition) is 4. The molecule has 4 aromatic rings. The molecule has 0 fully saturated rings. The molecule has 0 radical (unpaired) electrons. The number of nitrogens with zero attached hydrogens (tertiary/aromatic N) is 3. The number of aromatic nitrogens is 2. The summed E-state index contributed by atoms with van der Waals surface area (Å²) in [4.78, 5) is 37.0. The minimum Gasteiger partial charge on any atom is -0.324 e. The molecule has 1 heterocycles. The van der Waals surface area contributed by atoms with Crippen molar-refractivity contribution < 1.29 is 14.0 Å². The average Bonchev–Trinajstić information content (AvgIpc) is 2.89. The summed E-state index contributed by atoms with van der Waals surface area (Å²) >= 11 is 0. The largest absolute Gasteiger partial charge is 0.324 e. The topological polar surface area (TPSA) is 75.2 Å². The van der Waals surface area contributed by atoms with Crippen molar-refractivity contribution in [2.45, 2.75) is 19.4 Å². The van der Waals surface area contributed by atoms with Crippen LogP contribution in [0.2, 0.25) is 0 Å². The van der Waals surface area contributed by atoms with Crippen molar-refractivity contribution in [3.8, 4) is 0 Å². The fourth-order valence-corrected chi connectivity index (χ4v) is 3.76. The van der Waals surface area contributed by atoms with Crippen LogP contribution in [0.4, 0.5) is 10.1 Å². The first-order chi connectivity index (χ1) is 17.0. The van der Waals surface area contributed by atoms with Gasteiger partial charge in [-0.15, -0.1) is 0 Å². The van der Waals surface area contributed by atoms with Crippen LogP contribution in [0.25, 0.3) is 0 Å². The molecule has 2 amide bonds. The van der Waals surface area contributed by atoms with Crippen LogP contribution >= 0.6 is 0 Å². The Morgan fingerprint density at radius 1 is 0.943 bits per heavy atom. The second-order valence-electron chi connectivity index (χ2n) is 8.13. The number of carbonyl (C=O) groups is 2. The summed E-state index contributed by atoms with van der Waals surface area (Å²) in [5.41, 5.74) is 3.30. The van der Waals surface area contributed by atoms with Gasteiger partial charge in [0.1, 0.15) is 17.6 Å². The third-order valence-electron chi connectivity index (χ3n) is 5.59. The standard InChI is InChI=1S/C28H25FN4O2/c1-20-7-9-22(10-8-20)26(27(34)32-24-13-11-23(29)12-14-24)33(18-15-21-5-3-2-4-6-21)28(35)25-19-30-16-17-31-25/h2-14,16-17,19,26H,15,18H2,1H3,(H,32,34)/t26-/m1/s1. The van der Waals surface area contributed by atoms with Crippen molar-refractivity contribution in [1.29, 1.82) is 0 Å². The van der Waals surface area contributed by atoms with Gasteiger partial charge in [0, 0.05) is 24.6 Å². The van der Waals surface area contributed by atoms with Gasteiger partial charge in [-0.2, -0.15) is 0 Å². The van der Waals surface area contributed by atoms with Crippen LogP contribution in [0.15, 0.2) is 97.5 Å². The predicted molar refractivity (Wildman–Crippen MR) is 132 cm³/mol. The third-order valence-corrected chi connectivity index (χ3v) is 5.59. The SMILES string of the molecule is Cc1ccc([C@H](C(=O)Nc2ccc(F)cc2)N(CCc2ccccc2)C(=O)c2cnccn2)cc1. The van der Waals surface area contributed by atoms with E-state index in [1.807, 2.05) is 61.5 Å². The van der Waals surface area contributed by atoms with Gasteiger partial charge in [-0.05, 0) is 48.7 Å². The Kier molecular flexibility index (Phi) is 7.57. The van der Waals surface area contributed by atoms with Crippen LogP contribution in [0, 0.1) is 12.7 Å². The van der Waals surface area contributed by atoms with Gasteiger partial charge in [0.05, 0.1) is 6.20 Å². The molecule has 0 saturated heterocycles. The minimum atomic E-state index is -0.945. The van der Waals surface area contributed by atoms with Crippen molar-refractivity contribution >= 4 is 17.5 Å². The maximum Gasteiger partial charge on any atom is 0.275 e. The smallest absolute Gasteiger partial charge is 0.275 e. The molecule has 176 valence electrons. The zero-order valence-corrected chi connectivity index (χ0v) is 19.3. The molecular weight excluding hydrogens is 443 g/mol. The second-order valence-corrected chi connectivity index (χ2v) is 8.13. The van der Waals surface area contributed by atoms with Gasteiger partial charge in [-0.1, -0.05) is 60.2 Å². The first kappa shape index (κ1) is 23.8. The number of anilines is 1. The molecule has 4 rings (SSSR count). The molecule has 1 atom stereocenters. The fourth-order valence-electron chi connectivity index (χ4n) is 3.76. The average molecular weight is 469 g/mol. The van der Waals surface area contributed by atoms with Gasteiger partial charge in [0.2, 0.25) is 0 Å². The lowest BCUT2D eigenvalue weighted by molar-refractivity contribution is -0.120. The number of benzene rings is 3. The zero-order valence-electron chi connectivity index (χ0n) is 19.3. The van der Waals surface area contributed by atoms with E-state index in [4.69, 9.17) is 0 Å². The molecule has 1 N–H and O–H groups in total. The predicted octanol–water partition coefficient (Wildman–Crippen LogP) is 4.99. The highest BCUT2D eigenvalue weighted by molar-refractivity contribution is 6.00. The molecule has 1 aromatic heterocycles. The maximum atomic E-state index is 13.6. The lowest BCUT2D eigenvalue weighted by atomic mass is 10.0. The Hall–Kier alpha value is -4.39. The third kappa shape index (κ3) is 6.14. The highest BCUT2D eigenvalue weighted by Gasteiger charge is 2.32. The first-order valence-electron chi connectivity index (χ1n) is 11.2. The quantitative estimate of drug-likeness (QED) is 0.395. The van der Waals surface area contributed by atoms with Crippen molar-refractivity contribution in [3.05, 3.63) is 126 Å². The summed E-state index contributed by atoms with van der Waals surface area (Å²) in [7, 11) is 0. The van der Waals surface area contributed by atoms with Crippen molar-refractivity contribution in [1.82, 2.24) is 14.9 Å².